The van der Waals surface area contributed by atoms with Gasteiger partial charge in [-0.15, -0.1) is 0 Å². The Morgan fingerprint density at radius 1 is 1.07 bits per heavy atom. The molecule has 92 valence electrons. The van der Waals surface area contributed by atoms with Crippen LogP contribution in [0, 0.1) is 0 Å². The molecule has 0 saturated carbocycles. The minimum atomic E-state index is -2.52. The monoisotopic (exact) mass is 221 g/mol. The largest absolute Gasteiger partial charge is 0.312 e. The molecule has 0 amide bonds. The number of halogens is 2. The van der Waals surface area contributed by atoms with Gasteiger partial charge in [-0.05, 0) is 39.7 Å². The van der Waals surface area contributed by atoms with Crippen molar-refractivity contribution in [3.05, 3.63) is 0 Å². The smallest absolute Gasteiger partial charge is 0.245 e. The van der Waals surface area contributed by atoms with Gasteiger partial charge in [0.15, 0.2) is 0 Å². The summed E-state index contributed by atoms with van der Waals surface area (Å²) >= 11 is 0. The quantitative estimate of drug-likeness (QED) is 0.611. The molecule has 0 aromatic carbocycles. The van der Waals surface area contributed by atoms with Gasteiger partial charge in [0.05, 0.1) is 0 Å². The molecule has 0 heterocycles. The van der Waals surface area contributed by atoms with Gasteiger partial charge in [-0.25, -0.2) is 8.78 Å². The Kier molecular flexibility index (Phi) is 6.34. The molecule has 0 aliphatic rings. The summed E-state index contributed by atoms with van der Waals surface area (Å²) in [5, 5.41) is 3.39. The SMILES string of the molecule is CCCC(C)(CC)NCCCC(C)(F)F. The Balaban J connectivity index is 3.73. The minimum absolute atomic E-state index is 0.0219. The molecular weight excluding hydrogens is 196 g/mol. The maximum Gasteiger partial charge on any atom is 0.245 e. The molecule has 0 rings (SSSR count). The van der Waals surface area contributed by atoms with E-state index in [4.69, 9.17) is 0 Å². The molecule has 3 heteroatoms. The summed E-state index contributed by atoms with van der Waals surface area (Å²) < 4.78 is 25.1. The predicted octanol–water partition coefficient (Wildman–Crippen LogP) is 3.98. The van der Waals surface area contributed by atoms with Crippen LogP contribution in [0.3, 0.4) is 0 Å². The van der Waals surface area contributed by atoms with Crippen LogP contribution in [0.1, 0.15) is 59.8 Å². The van der Waals surface area contributed by atoms with Crippen LogP contribution in [0.4, 0.5) is 8.78 Å². The summed E-state index contributed by atoms with van der Waals surface area (Å²) in [6, 6.07) is 0. The molecule has 1 unspecified atom stereocenters. The van der Waals surface area contributed by atoms with Crippen molar-refractivity contribution in [2.75, 3.05) is 6.54 Å². The third kappa shape index (κ3) is 7.71. The van der Waals surface area contributed by atoms with E-state index in [1.165, 1.54) is 0 Å². The molecule has 0 saturated heterocycles. The van der Waals surface area contributed by atoms with Gasteiger partial charge in [0.25, 0.3) is 0 Å². The van der Waals surface area contributed by atoms with E-state index in [1.807, 2.05) is 0 Å². The second-order valence-corrected chi connectivity index (χ2v) is 4.76. The van der Waals surface area contributed by atoms with Gasteiger partial charge in [0.1, 0.15) is 0 Å². The summed E-state index contributed by atoms with van der Waals surface area (Å²) in [6.45, 7) is 8.12. The van der Waals surface area contributed by atoms with Crippen LogP contribution in [0.15, 0.2) is 0 Å². The average molecular weight is 221 g/mol. The number of alkyl halides is 2. The van der Waals surface area contributed by atoms with Crippen LogP contribution in [0.2, 0.25) is 0 Å². The highest BCUT2D eigenvalue weighted by Crippen LogP contribution is 2.20. The fourth-order valence-electron chi connectivity index (χ4n) is 1.73. The molecular formula is C12H25F2N. The van der Waals surface area contributed by atoms with Crippen LogP contribution >= 0.6 is 0 Å². The molecule has 0 aromatic rings. The molecule has 1 atom stereocenters. The van der Waals surface area contributed by atoms with Crippen LogP contribution < -0.4 is 5.32 Å². The highest BCUT2D eigenvalue weighted by atomic mass is 19.3. The predicted molar refractivity (Wildman–Crippen MR) is 61.5 cm³/mol. The van der Waals surface area contributed by atoms with Crippen molar-refractivity contribution in [2.45, 2.75) is 71.3 Å². The van der Waals surface area contributed by atoms with E-state index < -0.39 is 5.92 Å². The minimum Gasteiger partial charge on any atom is -0.312 e. The number of hydrogen-bond donors (Lipinski definition) is 1. The van der Waals surface area contributed by atoms with Crippen molar-refractivity contribution >= 4 is 0 Å². The lowest BCUT2D eigenvalue weighted by Gasteiger charge is -2.29. The second kappa shape index (κ2) is 6.41. The molecule has 0 bridgehead atoms. The lowest BCUT2D eigenvalue weighted by molar-refractivity contribution is 0.0105. The Bertz CT molecular complexity index is 165. The summed E-state index contributed by atoms with van der Waals surface area (Å²) in [5.74, 6) is -2.52. The highest BCUT2D eigenvalue weighted by Gasteiger charge is 2.22. The first-order valence-electron chi connectivity index (χ1n) is 5.96. The standard InChI is InChI=1S/C12H25F2N/c1-5-8-11(3,6-2)15-10-7-9-12(4,13)14/h15H,5-10H2,1-4H3. The molecule has 15 heavy (non-hydrogen) atoms. The maximum absolute atomic E-state index is 12.5. The average Bonchev–Trinajstić information content (AvgIpc) is 2.12. The van der Waals surface area contributed by atoms with E-state index in [0.29, 0.717) is 13.0 Å². The lowest BCUT2D eigenvalue weighted by Crippen LogP contribution is -2.42. The summed E-state index contributed by atoms with van der Waals surface area (Å²) in [7, 11) is 0. The molecule has 0 aromatic heterocycles. The van der Waals surface area contributed by atoms with Crippen molar-refractivity contribution in [3.63, 3.8) is 0 Å². The van der Waals surface area contributed by atoms with E-state index >= 15 is 0 Å². The Morgan fingerprint density at radius 2 is 1.67 bits per heavy atom. The zero-order chi connectivity index (χ0) is 11.9. The fourth-order valence-corrected chi connectivity index (χ4v) is 1.73. The first-order valence-corrected chi connectivity index (χ1v) is 5.96. The van der Waals surface area contributed by atoms with Crippen molar-refractivity contribution in [1.29, 1.82) is 0 Å². The molecule has 0 fully saturated rings. The topological polar surface area (TPSA) is 12.0 Å². The van der Waals surface area contributed by atoms with Crippen LogP contribution in [0.5, 0.6) is 0 Å². The molecule has 0 aliphatic heterocycles. The van der Waals surface area contributed by atoms with Gasteiger partial charge >= 0.3 is 0 Å². The van der Waals surface area contributed by atoms with E-state index in [0.717, 1.165) is 26.2 Å². The number of hydrogen-bond acceptors (Lipinski definition) is 1. The normalized spacial score (nSPS) is 16.4. The molecule has 0 aliphatic carbocycles. The summed E-state index contributed by atoms with van der Waals surface area (Å²) in [6.07, 6.45) is 3.80. The first kappa shape index (κ1) is 14.8. The first-order chi connectivity index (χ1) is 6.83. The zero-order valence-electron chi connectivity index (χ0n) is 10.5. The lowest BCUT2D eigenvalue weighted by atomic mass is 9.93. The van der Waals surface area contributed by atoms with Crippen LogP contribution in [-0.2, 0) is 0 Å². The molecule has 0 radical (unpaired) electrons. The second-order valence-electron chi connectivity index (χ2n) is 4.76. The Morgan fingerprint density at radius 3 is 2.07 bits per heavy atom. The van der Waals surface area contributed by atoms with E-state index in [-0.39, 0.29) is 12.0 Å². The maximum atomic E-state index is 12.5. The summed E-state index contributed by atoms with van der Waals surface area (Å²) in [4.78, 5) is 0. The van der Waals surface area contributed by atoms with Crippen LogP contribution in [0.25, 0.3) is 0 Å². The van der Waals surface area contributed by atoms with Gasteiger partial charge in [-0.3, -0.25) is 0 Å². The van der Waals surface area contributed by atoms with Gasteiger partial charge in [-0.2, -0.15) is 0 Å². The highest BCUT2D eigenvalue weighted by molar-refractivity contribution is 4.80. The molecule has 1 nitrogen and oxygen atoms in total. The number of rotatable bonds is 8. The third-order valence-corrected chi connectivity index (χ3v) is 2.93. The van der Waals surface area contributed by atoms with E-state index in [1.54, 1.807) is 0 Å². The third-order valence-electron chi connectivity index (χ3n) is 2.93. The zero-order valence-corrected chi connectivity index (χ0v) is 10.5. The number of nitrogens with one attached hydrogen (secondary N) is 1. The summed E-state index contributed by atoms with van der Waals surface area (Å²) in [5.41, 5.74) is 0.123. The Hall–Kier alpha value is -0.180. The van der Waals surface area contributed by atoms with Crippen molar-refractivity contribution < 1.29 is 8.78 Å². The van der Waals surface area contributed by atoms with Crippen molar-refractivity contribution in [3.8, 4) is 0 Å². The van der Waals surface area contributed by atoms with E-state index in [2.05, 4.69) is 26.1 Å². The van der Waals surface area contributed by atoms with Crippen molar-refractivity contribution in [2.24, 2.45) is 0 Å². The molecule has 0 spiro atoms. The van der Waals surface area contributed by atoms with Crippen LogP contribution in [-0.4, -0.2) is 18.0 Å². The van der Waals surface area contributed by atoms with Gasteiger partial charge < -0.3 is 5.32 Å². The van der Waals surface area contributed by atoms with Gasteiger partial charge in [0.2, 0.25) is 5.92 Å². The van der Waals surface area contributed by atoms with Gasteiger partial charge in [-0.1, -0.05) is 20.3 Å². The Labute approximate surface area is 92.6 Å². The molecule has 1 N–H and O–H groups in total. The fraction of sp³-hybridized carbons (Fsp3) is 1.00. The van der Waals surface area contributed by atoms with Gasteiger partial charge in [0, 0.05) is 12.0 Å². The van der Waals surface area contributed by atoms with E-state index in [9.17, 15) is 8.78 Å². The van der Waals surface area contributed by atoms with Crippen molar-refractivity contribution in [1.82, 2.24) is 5.32 Å².